The van der Waals surface area contributed by atoms with Gasteiger partial charge < -0.3 is 15.0 Å². The van der Waals surface area contributed by atoms with Crippen LogP contribution in [0.3, 0.4) is 0 Å². The minimum absolute atomic E-state index is 0.117. The molecular formula is C18H30N2O6S. The van der Waals surface area contributed by atoms with E-state index in [0.29, 0.717) is 24.9 Å². The molecule has 8 nitrogen and oxygen atoms in total. The molecule has 1 N–H and O–H groups in total. The molecule has 0 bridgehead atoms. The van der Waals surface area contributed by atoms with Gasteiger partial charge in [0.2, 0.25) is 17.6 Å². The molecule has 0 saturated heterocycles. The maximum atomic E-state index is 12.7. The molecule has 0 aliphatic rings. The van der Waals surface area contributed by atoms with Crippen molar-refractivity contribution >= 4 is 40.4 Å². The third kappa shape index (κ3) is 8.55. The average Bonchev–Trinajstić information content (AvgIpc) is 2.59. The maximum absolute atomic E-state index is 12.7. The van der Waals surface area contributed by atoms with Crippen LogP contribution in [0.15, 0.2) is 0 Å². The van der Waals surface area contributed by atoms with Gasteiger partial charge in [0, 0.05) is 24.3 Å². The molecule has 0 saturated carbocycles. The van der Waals surface area contributed by atoms with Gasteiger partial charge in [-0.3, -0.25) is 24.0 Å². The topological polar surface area (TPSA) is 110 Å². The molecule has 2 amide bonds. The lowest BCUT2D eigenvalue weighted by Crippen LogP contribution is -2.54. The lowest BCUT2D eigenvalue weighted by atomic mass is 10.1. The number of esters is 1. The molecular weight excluding hydrogens is 372 g/mol. The number of likely N-dealkylation sites (N-methyl/N-ethyl adjacent to an activating group) is 1. The van der Waals surface area contributed by atoms with E-state index < -0.39 is 34.6 Å². The Morgan fingerprint density at radius 2 is 1.56 bits per heavy atom. The summed E-state index contributed by atoms with van der Waals surface area (Å²) in [4.78, 5) is 61.7. The highest BCUT2D eigenvalue weighted by Crippen LogP contribution is 2.19. The summed E-state index contributed by atoms with van der Waals surface area (Å²) in [5, 5.41) is 1.14. The molecule has 2 unspecified atom stereocenters. The van der Waals surface area contributed by atoms with Gasteiger partial charge in [0.25, 0.3) is 5.12 Å². The van der Waals surface area contributed by atoms with Gasteiger partial charge in [0.1, 0.15) is 12.5 Å². The molecule has 2 atom stereocenters. The number of ketones is 1. The van der Waals surface area contributed by atoms with Crippen molar-refractivity contribution in [3.05, 3.63) is 0 Å². The first-order valence-electron chi connectivity index (χ1n) is 9.07. The fraction of sp³-hybridized carbons (Fsp3) is 0.722. The van der Waals surface area contributed by atoms with Crippen molar-refractivity contribution in [1.82, 2.24) is 10.2 Å². The molecule has 0 aliphatic carbocycles. The predicted molar refractivity (Wildman–Crippen MR) is 103 cm³/mol. The first kappa shape index (κ1) is 25.1. The van der Waals surface area contributed by atoms with Gasteiger partial charge in [0.05, 0.1) is 6.61 Å². The third-order valence-electron chi connectivity index (χ3n) is 3.76. The van der Waals surface area contributed by atoms with Crippen LogP contribution >= 0.6 is 11.8 Å². The Balaban J connectivity index is 5.21. The fourth-order valence-electron chi connectivity index (χ4n) is 2.15. The quantitative estimate of drug-likeness (QED) is 0.314. The van der Waals surface area contributed by atoms with Crippen LogP contribution in [0.25, 0.3) is 0 Å². The number of carbonyl (C=O) groups is 5. The van der Waals surface area contributed by atoms with Crippen molar-refractivity contribution in [2.75, 3.05) is 19.7 Å². The van der Waals surface area contributed by atoms with Crippen molar-refractivity contribution in [2.24, 2.45) is 5.92 Å². The normalized spacial score (nSPS) is 12.9. The summed E-state index contributed by atoms with van der Waals surface area (Å²) in [7, 11) is 0. The first-order chi connectivity index (χ1) is 12.6. The van der Waals surface area contributed by atoms with Crippen molar-refractivity contribution in [2.45, 2.75) is 59.3 Å². The Hall–Kier alpha value is -1.90. The van der Waals surface area contributed by atoms with Gasteiger partial charge in [-0.15, -0.1) is 0 Å². The average molecular weight is 403 g/mol. The van der Waals surface area contributed by atoms with E-state index in [-0.39, 0.29) is 24.3 Å². The number of nitrogens with zero attached hydrogens (tertiary/aromatic N) is 1. The largest absolute Gasteiger partial charge is 0.466 e. The number of nitrogens with one attached hydrogen (secondary N) is 1. The second-order valence-corrected chi connectivity index (χ2v) is 7.52. The van der Waals surface area contributed by atoms with Crippen LogP contribution in [-0.4, -0.2) is 64.6 Å². The summed E-state index contributed by atoms with van der Waals surface area (Å²) >= 11 is 0.638. The molecule has 0 rings (SSSR count). The standard InChI is InChI=1S/C18H30N2O6S/c1-7-20(8-2)17(24)15(19-16(23)11(4)5)12(6)27-18(25)13(21)10-14(22)26-9-3/h11-12,15H,7-10H2,1-6H3,(H,19,23). The summed E-state index contributed by atoms with van der Waals surface area (Å²) in [5.41, 5.74) is 0. The van der Waals surface area contributed by atoms with Crippen molar-refractivity contribution in [3.63, 3.8) is 0 Å². The minimum atomic E-state index is -0.954. The highest BCUT2D eigenvalue weighted by Gasteiger charge is 2.33. The Bertz CT molecular complexity index is 560. The van der Waals surface area contributed by atoms with E-state index in [0.717, 1.165) is 0 Å². The Kier molecular flexibility index (Phi) is 11.6. The first-order valence-corrected chi connectivity index (χ1v) is 9.95. The van der Waals surface area contributed by atoms with Crippen LogP contribution in [0.1, 0.15) is 48.0 Å². The van der Waals surface area contributed by atoms with Crippen LogP contribution in [0.2, 0.25) is 0 Å². The van der Waals surface area contributed by atoms with E-state index in [1.165, 1.54) is 0 Å². The van der Waals surface area contributed by atoms with Gasteiger partial charge in [0.15, 0.2) is 0 Å². The minimum Gasteiger partial charge on any atom is -0.466 e. The van der Waals surface area contributed by atoms with Gasteiger partial charge in [-0.25, -0.2) is 0 Å². The summed E-state index contributed by atoms with van der Waals surface area (Å²) in [6.07, 6.45) is -0.639. The monoisotopic (exact) mass is 402 g/mol. The number of carbonyl (C=O) groups excluding carboxylic acids is 5. The Morgan fingerprint density at radius 1 is 1.00 bits per heavy atom. The number of amides is 2. The van der Waals surface area contributed by atoms with Crippen LogP contribution in [0, 0.1) is 5.92 Å². The van der Waals surface area contributed by atoms with Crippen LogP contribution < -0.4 is 5.32 Å². The van der Waals surface area contributed by atoms with Gasteiger partial charge in [-0.2, -0.15) is 0 Å². The molecule has 0 aliphatic heterocycles. The van der Waals surface area contributed by atoms with E-state index in [2.05, 4.69) is 10.1 Å². The van der Waals surface area contributed by atoms with E-state index >= 15 is 0 Å². The molecule has 154 valence electrons. The van der Waals surface area contributed by atoms with E-state index in [9.17, 15) is 24.0 Å². The van der Waals surface area contributed by atoms with Crippen molar-refractivity contribution in [3.8, 4) is 0 Å². The van der Waals surface area contributed by atoms with Gasteiger partial charge in [-0.05, 0) is 20.8 Å². The van der Waals surface area contributed by atoms with Gasteiger partial charge in [-0.1, -0.05) is 32.5 Å². The zero-order chi connectivity index (χ0) is 21.1. The molecule has 9 heteroatoms. The number of ether oxygens (including phenoxy) is 1. The second kappa shape index (κ2) is 12.5. The highest BCUT2D eigenvalue weighted by atomic mass is 32.2. The third-order valence-corrected chi connectivity index (χ3v) is 4.85. The number of rotatable bonds is 11. The molecule has 0 aromatic carbocycles. The predicted octanol–water partition coefficient (Wildman–Crippen LogP) is 1.17. The lowest BCUT2D eigenvalue weighted by molar-refractivity contribution is -0.147. The summed E-state index contributed by atoms with van der Waals surface area (Å²) in [6.45, 7) is 11.2. The Morgan fingerprint density at radius 3 is 2.00 bits per heavy atom. The number of Topliss-reactive ketones (excluding diaryl/α,β-unsaturated/α-hetero) is 1. The lowest BCUT2D eigenvalue weighted by Gasteiger charge is -2.29. The molecule has 0 fully saturated rings. The van der Waals surface area contributed by atoms with E-state index in [4.69, 9.17) is 0 Å². The molecule has 0 spiro atoms. The smallest absolute Gasteiger partial charge is 0.313 e. The van der Waals surface area contributed by atoms with Crippen LogP contribution in [0.5, 0.6) is 0 Å². The maximum Gasteiger partial charge on any atom is 0.313 e. The highest BCUT2D eigenvalue weighted by molar-refractivity contribution is 8.16. The van der Waals surface area contributed by atoms with E-state index in [1.807, 2.05) is 13.8 Å². The fourth-order valence-corrected chi connectivity index (χ4v) is 3.01. The van der Waals surface area contributed by atoms with Gasteiger partial charge >= 0.3 is 5.97 Å². The summed E-state index contributed by atoms with van der Waals surface area (Å²) in [5.74, 6) is -2.64. The number of thioether (sulfide) groups is 1. The summed E-state index contributed by atoms with van der Waals surface area (Å²) in [6, 6.07) is -0.954. The molecule has 0 radical (unpaired) electrons. The van der Waals surface area contributed by atoms with Crippen LogP contribution in [-0.2, 0) is 28.7 Å². The van der Waals surface area contributed by atoms with E-state index in [1.54, 1.807) is 32.6 Å². The molecule has 27 heavy (non-hydrogen) atoms. The number of hydrogen-bond acceptors (Lipinski definition) is 7. The Labute approximate surface area is 164 Å². The zero-order valence-corrected chi connectivity index (χ0v) is 17.7. The van der Waals surface area contributed by atoms with Crippen molar-refractivity contribution in [1.29, 1.82) is 0 Å². The van der Waals surface area contributed by atoms with Crippen molar-refractivity contribution < 1.29 is 28.7 Å². The zero-order valence-electron chi connectivity index (χ0n) is 16.9. The molecule has 0 aromatic heterocycles. The van der Waals surface area contributed by atoms with Crippen LogP contribution in [0.4, 0.5) is 0 Å². The molecule has 0 aromatic rings. The second-order valence-electron chi connectivity index (χ2n) is 6.17. The summed E-state index contributed by atoms with van der Waals surface area (Å²) < 4.78 is 4.65. The molecule has 0 heterocycles. The SMILES string of the molecule is CCOC(=O)CC(=O)C(=O)SC(C)C(NC(=O)C(C)C)C(=O)N(CC)CC. The number of hydrogen-bond donors (Lipinski definition) is 1.